The number of hydrogen-bond acceptors (Lipinski definition) is 4. The first-order chi connectivity index (χ1) is 9.09. The van der Waals surface area contributed by atoms with Crippen LogP contribution in [0.2, 0.25) is 0 Å². The standard InChI is InChI=1S/C14H15N3O2/c1-10-4-3-5-13(17(18)19)14(10)16-11(2)12-6-8-15-9-7-12/h3-9,11,16H,1-2H3. The average molecular weight is 257 g/mol. The van der Waals surface area contributed by atoms with E-state index in [4.69, 9.17) is 0 Å². The molecule has 0 spiro atoms. The van der Waals surface area contributed by atoms with Crippen LogP contribution in [0.15, 0.2) is 42.7 Å². The second-order valence-corrected chi connectivity index (χ2v) is 4.37. The lowest BCUT2D eigenvalue weighted by Crippen LogP contribution is -2.09. The molecule has 0 saturated carbocycles. The molecule has 0 amide bonds. The molecule has 2 aromatic rings. The summed E-state index contributed by atoms with van der Waals surface area (Å²) in [6, 6.07) is 8.81. The molecule has 1 heterocycles. The third-order valence-corrected chi connectivity index (χ3v) is 3.01. The lowest BCUT2D eigenvalue weighted by Gasteiger charge is -2.17. The zero-order valence-electron chi connectivity index (χ0n) is 10.8. The number of anilines is 1. The van der Waals surface area contributed by atoms with Gasteiger partial charge in [0, 0.05) is 24.5 Å². The number of pyridine rings is 1. The molecule has 0 aliphatic heterocycles. The van der Waals surface area contributed by atoms with Crippen molar-refractivity contribution < 1.29 is 4.92 Å². The second kappa shape index (κ2) is 5.48. The maximum Gasteiger partial charge on any atom is 0.292 e. The van der Waals surface area contributed by atoms with Crippen LogP contribution in [0.5, 0.6) is 0 Å². The number of nitrogens with one attached hydrogen (secondary N) is 1. The number of nitro groups is 1. The van der Waals surface area contributed by atoms with Gasteiger partial charge in [0.15, 0.2) is 0 Å². The summed E-state index contributed by atoms with van der Waals surface area (Å²) in [6.45, 7) is 3.82. The summed E-state index contributed by atoms with van der Waals surface area (Å²) in [6.07, 6.45) is 3.42. The predicted octanol–water partition coefficient (Wildman–Crippen LogP) is 3.47. The summed E-state index contributed by atoms with van der Waals surface area (Å²) in [5.74, 6) is 0. The van der Waals surface area contributed by atoms with Crippen molar-refractivity contribution in [3.63, 3.8) is 0 Å². The average Bonchev–Trinajstić information content (AvgIpc) is 2.41. The lowest BCUT2D eigenvalue weighted by atomic mass is 10.1. The van der Waals surface area contributed by atoms with Gasteiger partial charge in [-0.25, -0.2) is 0 Å². The lowest BCUT2D eigenvalue weighted by molar-refractivity contribution is -0.384. The van der Waals surface area contributed by atoms with E-state index in [0.29, 0.717) is 5.69 Å². The SMILES string of the molecule is Cc1cccc([N+](=O)[O-])c1NC(C)c1ccncc1. The minimum Gasteiger partial charge on any atom is -0.373 e. The molecular formula is C14H15N3O2. The summed E-state index contributed by atoms with van der Waals surface area (Å²) in [5.41, 5.74) is 2.56. The Kier molecular flexibility index (Phi) is 3.75. The molecule has 98 valence electrons. The van der Waals surface area contributed by atoms with E-state index in [-0.39, 0.29) is 16.7 Å². The molecule has 5 nitrogen and oxygen atoms in total. The van der Waals surface area contributed by atoms with Gasteiger partial charge in [0.1, 0.15) is 5.69 Å². The van der Waals surface area contributed by atoms with Gasteiger partial charge in [-0.3, -0.25) is 15.1 Å². The number of hydrogen-bond donors (Lipinski definition) is 1. The fourth-order valence-electron chi connectivity index (χ4n) is 1.94. The van der Waals surface area contributed by atoms with Crippen molar-refractivity contribution in [3.05, 3.63) is 64.0 Å². The van der Waals surface area contributed by atoms with Crippen LogP contribution in [-0.4, -0.2) is 9.91 Å². The first-order valence-electron chi connectivity index (χ1n) is 6.00. The van der Waals surface area contributed by atoms with E-state index in [9.17, 15) is 10.1 Å². The Hall–Kier alpha value is -2.43. The van der Waals surface area contributed by atoms with Crippen molar-refractivity contribution in [1.82, 2.24) is 4.98 Å². The number of aromatic nitrogens is 1. The van der Waals surface area contributed by atoms with Gasteiger partial charge in [0.05, 0.1) is 4.92 Å². The van der Waals surface area contributed by atoms with Crippen LogP contribution in [0.1, 0.15) is 24.1 Å². The third kappa shape index (κ3) is 2.88. The zero-order chi connectivity index (χ0) is 13.8. The first kappa shape index (κ1) is 13.0. The summed E-state index contributed by atoms with van der Waals surface area (Å²) in [5, 5.41) is 14.3. The minimum absolute atomic E-state index is 0.0252. The van der Waals surface area contributed by atoms with Gasteiger partial charge in [0.2, 0.25) is 0 Å². The Morgan fingerprint density at radius 3 is 2.58 bits per heavy atom. The highest BCUT2D eigenvalue weighted by molar-refractivity contribution is 5.66. The number of benzene rings is 1. The molecule has 5 heteroatoms. The van der Waals surface area contributed by atoms with Gasteiger partial charge in [-0.1, -0.05) is 12.1 Å². The quantitative estimate of drug-likeness (QED) is 0.672. The summed E-state index contributed by atoms with van der Waals surface area (Å²) in [7, 11) is 0. The molecule has 0 radical (unpaired) electrons. The molecule has 2 rings (SSSR count). The monoisotopic (exact) mass is 257 g/mol. The van der Waals surface area contributed by atoms with Gasteiger partial charge in [-0.05, 0) is 37.1 Å². The molecule has 1 aromatic carbocycles. The summed E-state index contributed by atoms with van der Waals surface area (Å²) in [4.78, 5) is 14.6. The molecule has 0 aliphatic rings. The van der Waals surface area contributed by atoms with Crippen molar-refractivity contribution >= 4 is 11.4 Å². The number of para-hydroxylation sites is 1. The smallest absolute Gasteiger partial charge is 0.292 e. The van der Waals surface area contributed by atoms with E-state index >= 15 is 0 Å². The van der Waals surface area contributed by atoms with Crippen LogP contribution in [0, 0.1) is 17.0 Å². The maximum absolute atomic E-state index is 11.0. The Labute approximate surface area is 111 Å². The van der Waals surface area contributed by atoms with Gasteiger partial charge >= 0.3 is 0 Å². The number of aryl methyl sites for hydroxylation is 1. The van der Waals surface area contributed by atoms with Crippen molar-refractivity contribution in [1.29, 1.82) is 0 Å². The fourth-order valence-corrected chi connectivity index (χ4v) is 1.94. The van der Waals surface area contributed by atoms with Crippen molar-refractivity contribution in [2.75, 3.05) is 5.32 Å². The fraction of sp³-hybridized carbons (Fsp3) is 0.214. The largest absolute Gasteiger partial charge is 0.373 e. The second-order valence-electron chi connectivity index (χ2n) is 4.37. The van der Waals surface area contributed by atoms with Crippen LogP contribution >= 0.6 is 0 Å². The molecule has 1 unspecified atom stereocenters. The van der Waals surface area contributed by atoms with Crippen molar-refractivity contribution in [3.8, 4) is 0 Å². The van der Waals surface area contributed by atoms with Crippen LogP contribution in [0.25, 0.3) is 0 Å². The topological polar surface area (TPSA) is 68.1 Å². The van der Waals surface area contributed by atoms with Crippen LogP contribution < -0.4 is 5.32 Å². The highest BCUT2D eigenvalue weighted by Gasteiger charge is 2.17. The van der Waals surface area contributed by atoms with Crippen molar-refractivity contribution in [2.45, 2.75) is 19.9 Å². The normalized spacial score (nSPS) is 11.9. The molecule has 0 aliphatic carbocycles. The Bertz CT molecular complexity index is 584. The van der Waals surface area contributed by atoms with Crippen LogP contribution in [0.3, 0.4) is 0 Å². The van der Waals surface area contributed by atoms with Crippen LogP contribution in [0.4, 0.5) is 11.4 Å². The van der Waals surface area contributed by atoms with E-state index in [1.54, 1.807) is 18.5 Å². The van der Waals surface area contributed by atoms with E-state index in [2.05, 4.69) is 10.3 Å². The summed E-state index contributed by atoms with van der Waals surface area (Å²) >= 11 is 0. The zero-order valence-corrected chi connectivity index (χ0v) is 10.8. The van der Waals surface area contributed by atoms with E-state index in [1.165, 1.54) is 6.07 Å². The Morgan fingerprint density at radius 2 is 1.95 bits per heavy atom. The molecule has 0 saturated heterocycles. The van der Waals surface area contributed by atoms with Crippen LogP contribution in [-0.2, 0) is 0 Å². The molecule has 0 bridgehead atoms. The number of nitro benzene ring substituents is 1. The molecule has 1 N–H and O–H groups in total. The predicted molar refractivity (Wildman–Crippen MR) is 74.1 cm³/mol. The maximum atomic E-state index is 11.0. The summed E-state index contributed by atoms with van der Waals surface area (Å²) < 4.78 is 0. The van der Waals surface area contributed by atoms with Crippen molar-refractivity contribution in [2.24, 2.45) is 0 Å². The highest BCUT2D eigenvalue weighted by atomic mass is 16.6. The molecule has 19 heavy (non-hydrogen) atoms. The number of nitrogens with zero attached hydrogens (tertiary/aromatic N) is 2. The van der Waals surface area contributed by atoms with E-state index < -0.39 is 0 Å². The Balaban J connectivity index is 2.31. The molecular weight excluding hydrogens is 242 g/mol. The number of rotatable bonds is 4. The molecule has 1 atom stereocenters. The highest BCUT2D eigenvalue weighted by Crippen LogP contribution is 2.30. The van der Waals surface area contributed by atoms with E-state index in [1.807, 2.05) is 32.0 Å². The first-order valence-corrected chi connectivity index (χ1v) is 6.00. The minimum atomic E-state index is -0.366. The molecule has 1 aromatic heterocycles. The van der Waals surface area contributed by atoms with Gasteiger partial charge in [0.25, 0.3) is 5.69 Å². The third-order valence-electron chi connectivity index (χ3n) is 3.01. The van der Waals surface area contributed by atoms with Gasteiger partial charge in [-0.2, -0.15) is 0 Å². The van der Waals surface area contributed by atoms with E-state index in [0.717, 1.165) is 11.1 Å². The Morgan fingerprint density at radius 1 is 1.26 bits per heavy atom. The molecule has 0 fully saturated rings. The van der Waals surface area contributed by atoms with Gasteiger partial charge in [-0.15, -0.1) is 0 Å². The van der Waals surface area contributed by atoms with Gasteiger partial charge < -0.3 is 5.32 Å².